The molecule has 1 aromatic rings. The van der Waals surface area contributed by atoms with Crippen LogP contribution in [0.15, 0.2) is 35.9 Å². The Morgan fingerprint density at radius 1 is 1.10 bits per heavy atom. The van der Waals surface area contributed by atoms with Crippen LogP contribution in [-0.2, 0) is 0 Å². The Kier molecular flexibility index (Phi) is 6.13. The fourth-order valence-electron chi connectivity index (χ4n) is 2.94. The molecule has 0 aliphatic heterocycles. The highest BCUT2D eigenvalue weighted by atomic mass is 16.5. The normalized spacial score (nSPS) is 20.4. The molecule has 0 spiro atoms. The number of hydrogen-bond acceptors (Lipinski definition) is 2. The molecule has 20 heavy (non-hydrogen) atoms. The fourth-order valence-corrected chi connectivity index (χ4v) is 2.94. The standard InChI is InChI=1S/C18H27NO/c1-3-19-18(15-9-7-5-4-6-8-10-15)16-11-13-17(20-2)14-12-16/h9,11-14,18-19H,3-8,10H2,1-2H3/b15-9+. The molecular weight excluding hydrogens is 246 g/mol. The van der Waals surface area contributed by atoms with Gasteiger partial charge in [0, 0.05) is 0 Å². The number of nitrogens with one attached hydrogen (secondary N) is 1. The summed E-state index contributed by atoms with van der Waals surface area (Å²) in [6.45, 7) is 3.17. The van der Waals surface area contributed by atoms with Crippen molar-refractivity contribution in [1.29, 1.82) is 0 Å². The average Bonchev–Trinajstić information content (AvgIpc) is 2.45. The Morgan fingerprint density at radius 2 is 1.85 bits per heavy atom. The molecule has 0 saturated carbocycles. The Morgan fingerprint density at radius 3 is 2.55 bits per heavy atom. The van der Waals surface area contributed by atoms with Gasteiger partial charge in [-0.25, -0.2) is 0 Å². The van der Waals surface area contributed by atoms with E-state index in [4.69, 9.17) is 4.74 Å². The van der Waals surface area contributed by atoms with Crippen molar-refractivity contribution >= 4 is 0 Å². The van der Waals surface area contributed by atoms with Gasteiger partial charge >= 0.3 is 0 Å². The molecule has 1 atom stereocenters. The van der Waals surface area contributed by atoms with Gasteiger partial charge in [0.15, 0.2) is 0 Å². The molecule has 0 fully saturated rings. The average molecular weight is 273 g/mol. The highest BCUT2D eigenvalue weighted by Gasteiger charge is 2.16. The zero-order valence-electron chi connectivity index (χ0n) is 12.8. The molecule has 2 heteroatoms. The van der Waals surface area contributed by atoms with Gasteiger partial charge in [-0.1, -0.05) is 43.5 Å². The van der Waals surface area contributed by atoms with Gasteiger partial charge in [-0.05, 0) is 49.9 Å². The number of allylic oxidation sites excluding steroid dienone is 1. The lowest BCUT2D eigenvalue weighted by Crippen LogP contribution is -2.23. The summed E-state index contributed by atoms with van der Waals surface area (Å²) < 4.78 is 5.26. The molecule has 0 amide bonds. The zero-order valence-corrected chi connectivity index (χ0v) is 12.8. The number of methoxy groups -OCH3 is 1. The lowest BCUT2D eigenvalue weighted by atomic mass is 9.91. The van der Waals surface area contributed by atoms with Gasteiger partial charge < -0.3 is 10.1 Å². The summed E-state index contributed by atoms with van der Waals surface area (Å²) in [6, 6.07) is 8.85. The summed E-state index contributed by atoms with van der Waals surface area (Å²) in [4.78, 5) is 0. The van der Waals surface area contributed by atoms with Crippen LogP contribution in [0.5, 0.6) is 5.75 Å². The lowest BCUT2D eigenvalue weighted by Gasteiger charge is -2.23. The predicted octanol–water partition coefficient (Wildman–Crippen LogP) is 4.63. The van der Waals surface area contributed by atoms with E-state index in [0.29, 0.717) is 6.04 Å². The van der Waals surface area contributed by atoms with Crippen LogP contribution in [0, 0.1) is 0 Å². The van der Waals surface area contributed by atoms with Crippen molar-refractivity contribution in [2.75, 3.05) is 13.7 Å². The third kappa shape index (κ3) is 4.11. The van der Waals surface area contributed by atoms with Crippen LogP contribution in [-0.4, -0.2) is 13.7 Å². The van der Waals surface area contributed by atoms with Crippen LogP contribution >= 0.6 is 0 Å². The quantitative estimate of drug-likeness (QED) is 0.790. The number of rotatable bonds is 5. The first-order chi connectivity index (χ1) is 9.85. The van der Waals surface area contributed by atoms with Crippen LogP contribution in [0.2, 0.25) is 0 Å². The number of benzene rings is 1. The van der Waals surface area contributed by atoms with E-state index in [-0.39, 0.29) is 0 Å². The molecule has 0 radical (unpaired) electrons. The minimum absolute atomic E-state index is 0.365. The van der Waals surface area contributed by atoms with Crippen LogP contribution in [0.25, 0.3) is 0 Å². The Balaban J connectivity index is 2.19. The molecule has 0 heterocycles. The van der Waals surface area contributed by atoms with Gasteiger partial charge in [-0.3, -0.25) is 0 Å². The summed E-state index contributed by atoms with van der Waals surface area (Å²) in [5.74, 6) is 0.927. The molecule has 2 rings (SSSR count). The second-order valence-electron chi connectivity index (χ2n) is 5.50. The van der Waals surface area contributed by atoms with Gasteiger partial charge in [0.25, 0.3) is 0 Å². The molecule has 0 bridgehead atoms. The molecule has 1 aromatic carbocycles. The summed E-state index contributed by atoms with van der Waals surface area (Å²) in [5.41, 5.74) is 2.91. The first-order valence-electron chi connectivity index (χ1n) is 7.91. The van der Waals surface area contributed by atoms with E-state index in [1.807, 2.05) is 0 Å². The molecule has 1 aliphatic rings. The Bertz CT molecular complexity index is 422. The first-order valence-corrected chi connectivity index (χ1v) is 7.91. The van der Waals surface area contributed by atoms with Crippen molar-refractivity contribution in [3.05, 3.63) is 41.5 Å². The van der Waals surface area contributed by atoms with Crippen molar-refractivity contribution in [2.24, 2.45) is 0 Å². The SMILES string of the molecule is CCNC(/C1=C/CCCCCC1)c1ccc(OC)cc1. The van der Waals surface area contributed by atoms with E-state index in [1.165, 1.54) is 44.1 Å². The molecule has 1 unspecified atom stereocenters. The van der Waals surface area contributed by atoms with E-state index < -0.39 is 0 Å². The van der Waals surface area contributed by atoms with Crippen molar-refractivity contribution in [2.45, 2.75) is 51.5 Å². The van der Waals surface area contributed by atoms with E-state index in [2.05, 4.69) is 42.6 Å². The number of likely N-dealkylation sites (N-methyl/N-ethyl adjacent to an activating group) is 1. The molecule has 0 saturated heterocycles. The van der Waals surface area contributed by atoms with Gasteiger partial charge in [0.05, 0.1) is 13.2 Å². The zero-order chi connectivity index (χ0) is 14.2. The van der Waals surface area contributed by atoms with Gasteiger partial charge in [-0.2, -0.15) is 0 Å². The summed E-state index contributed by atoms with van der Waals surface area (Å²) in [5, 5.41) is 3.65. The highest BCUT2D eigenvalue weighted by molar-refractivity contribution is 5.33. The second-order valence-corrected chi connectivity index (χ2v) is 5.50. The highest BCUT2D eigenvalue weighted by Crippen LogP contribution is 2.29. The molecular formula is C18H27NO. The van der Waals surface area contributed by atoms with Crippen LogP contribution in [0.4, 0.5) is 0 Å². The molecule has 0 aromatic heterocycles. The third-order valence-electron chi connectivity index (χ3n) is 4.05. The van der Waals surface area contributed by atoms with Crippen LogP contribution in [0.3, 0.4) is 0 Å². The second kappa shape index (κ2) is 8.11. The molecule has 2 nitrogen and oxygen atoms in total. The monoisotopic (exact) mass is 273 g/mol. The van der Waals surface area contributed by atoms with Gasteiger partial charge in [0.1, 0.15) is 5.75 Å². The number of ether oxygens (including phenoxy) is 1. The third-order valence-corrected chi connectivity index (χ3v) is 4.05. The summed E-state index contributed by atoms with van der Waals surface area (Å²) in [7, 11) is 1.72. The Labute approximate surface area is 123 Å². The molecule has 110 valence electrons. The van der Waals surface area contributed by atoms with Crippen molar-refractivity contribution < 1.29 is 4.74 Å². The number of hydrogen-bond donors (Lipinski definition) is 1. The van der Waals surface area contributed by atoms with Gasteiger partial charge in [0.2, 0.25) is 0 Å². The van der Waals surface area contributed by atoms with E-state index >= 15 is 0 Å². The smallest absolute Gasteiger partial charge is 0.118 e. The summed E-state index contributed by atoms with van der Waals surface area (Å²) in [6.07, 6.45) is 10.3. The summed E-state index contributed by atoms with van der Waals surface area (Å²) >= 11 is 0. The maximum atomic E-state index is 5.26. The van der Waals surface area contributed by atoms with Crippen molar-refractivity contribution in [3.8, 4) is 5.75 Å². The molecule has 1 N–H and O–H groups in total. The van der Waals surface area contributed by atoms with E-state index in [0.717, 1.165) is 12.3 Å². The lowest BCUT2D eigenvalue weighted by molar-refractivity contribution is 0.414. The maximum absolute atomic E-state index is 5.26. The Hall–Kier alpha value is -1.28. The predicted molar refractivity (Wildman–Crippen MR) is 85.2 cm³/mol. The first kappa shape index (κ1) is 15.1. The minimum Gasteiger partial charge on any atom is -0.497 e. The van der Waals surface area contributed by atoms with E-state index in [1.54, 1.807) is 12.7 Å². The van der Waals surface area contributed by atoms with Crippen LogP contribution in [0.1, 0.15) is 57.1 Å². The van der Waals surface area contributed by atoms with Crippen molar-refractivity contribution in [3.63, 3.8) is 0 Å². The van der Waals surface area contributed by atoms with Gasteiger partial charge in [-0.15, -0.1) is 0 Å². The topological polar surface area (TPSA) is 21.3 Å². The molecule has 1 aliphatic carbocycles. The minimum atomic E-state index is 0.365. The van der Waals surface area contributed by atoms with Crippen LogP contribution < -0.4 is 10.1 Å². The van der Waals surface area contributed by atoms with Crippen molar-refractivity contribution in [1.82, 2.24) is 5.32 Å². The maximum Gasteiger partial charge on any atom is 0.118 e. The fraction of sp³-hybridized carbons (Fsp3) is 0.556. The van der Waals surface area contributed by atoms with E-state index in [9.17, 15) is 0 Å². The largest absolute Gasteiger partial charge is 0.497 e.